The van der Waals surface area contributed by atoms with Crippen LogP contribution in [0.3, 0.4) is 0 Å². The minimum absolute atomic E-state index is 0.194. The van der Waals surface area contributed by atoms with E-state index < -0.39 is 0 Å². The second kappa shape index (κ2) is 6.58. The van der Waals surface area contributed by atoms with Crippen LogP contribution in [0, 0.1) is 0 Å². The van der Waals surface area contributed by atoms with E-state index >= 15 is 0 Å². The highest BCUT2D eigenvalue weighted by atomic mass is 16.2. The van der Waals surface area contributed by atoms with Gasteiger partial charge in [0.25, 0.3) is 5.91 Å². The number of carbonyl (C=O) groups excluding carboxylic acids is 1. The Kier molecular flexibility index (Phi) is 4.56. The molecule has 4 nitrogen and oxygen atoms in total. The minimum atomic E-state index is 0.194. The van der Waals surface area contributed by atoms with Crippen LogP contribution >= 0.6 is 0 Å². The fraction of sp³-hybridized carbons (Fsp3) is 0.588. The van der Waals surface area contributed by atoms with E-state index in [0.29, 0.717) is 0 Å². The molecule has 0 atom stereocenters. The number of amides is 1. The summed E-state index contributed by atoms with van der Waals surface area (Å²) >= 11 is 0. The van der Waals surface area contributed by atoms with E-state index in [1.165, 1.54) is 17.5 Å². The third-order valence-corrected chi connectivity index (χ3v) is 4.54. The van der Waals surface area contributed by atoms with Crippen LogP contribution in [0.4, 0.5) is 0 Å². The molecule has 1 saturated heterocycles. The Bertz CT molecular complexity index is 507. The number of piperazine rings is 1. The first-order valence-corrected chi connectivity index (χ1v) is 8.12. The van der Waals surface area contributed by atoms with Crippen molar-refractivity contribution in [3.05, 3.63) is 34.9 Å². The Balaban J connectivity index is 1.66. The molecular formula is C17H25N3O. The number of hydrogen-bond acceptors (Lipinski definition) is 3. The SMILES string of the molecule is CCCN1CCN(C(=O)c2ccc3c(c2)CNCC3)CC1. The highest BCUT2D eigenvalue weighted by molar-refractivity contribution is 5.94. The lowest BCUT2D eigenvalue weighted by atomic mass is 9.98. The van der Waals surface area contributed by atoms with Crippen molar-refractivity contribution in [1.82, 2.24) is 15.1 Å². The smallest absolute Gasteiger partial charge is 0.253 e. The molecule has 114 valence electrons. The molecule has 0 aromatic heterocycles. The molecule has 1 amide bonds. The van der Waals surface area contributed by atoms with E-state index in [4.69, 9.17) is 0 Å². The van der Waals surface area contributed by atoms with Crippen molar-refractivity contribution in [2.45, 2.75) is 26.3 Å². The summed E-state index contributed by atoms with van der Waals surface area (Å²) in [7, 11) is 0. The topological polar surface area (TPSA) is 35.6 Å². The first-order valence-electron chi connectivity index (χ1n) is 8.12. The Labute approximate surface area is 127 Å². The quantitative estimate of drug-likeness (QED) is 0.915. The van der Waals surface area contributed by atoms with Crippen molar-refractivity contribution in [1.29, 1.82) is 0 Å². The molecule has 21 heavy (non-hydrogen) atoms. The fourth-order valence-electron chi connectivity index (χ4n) is 3.29. The van der Waals surface area contributed by atoms with Gasteiger partial charge in [-0.2, -0.15) is 0 Å². The number of carbonyl (C=O) groups is 1. The lowest BCUT2D eigenvalue weighted by Gasteiger charge is -2.34. The second-order valence-corrected chi connectivity index (χ2v) is 6.04. The minimum Gasteiger partial charge on any atom is -0.336 e. The average Bonchev–Trinajstić information content (AvgIpc) is 2.55. The summed E-state index contributed by atoms with van der Waals surface area (Å²) in [5.74, 6) is 0.194. The monoisotopic (exact) mass is 287 g/mol. The summed E-state index contributed by atoms with van der Waals surface area (Å²) in [6.45, 7) is 9.01. The molecule has 4 heteroatoms. The number of nitrogens with zero attached hydrogens (tertiary/aromatic N) is 2. The molecule has 3 rings (SSSR count). The van der Waals surface area contributed by atoms with Crippen molar-refractivity contribution >= 4 is 5.91 Å². The Hall–Kier alpha value is -1.39. The van der Waals surface area contributed by atoms with Crippen molar-refractivity contribution in [3.63, 3.8) is 0 Å². The largest absolute Gasteiger partial charge is 0.336 e. The number of fused-ring (bicyclic) bond motifs is 1. The van der Waals surface area contributed by atoms with Gasteiger partial charge in [-0.25, -0.2) is 0 Å². The Morgan fingerprint density at radius 1 is 1.19 bits per heavy atom. The molecular weight excluding hydrogens is 262 g/mol. The lowest BCUT2D eigenvalue weighted by Crippen LogP contribution is -2.48. The maximum Gasteiger partial charge on any atom is 0.253 e. The normalized spacial score (nSPS) is 19.4. The van der Waals surface area contributed by atoms with Crippen LogP contribution in [-0.4, -0.2) is 55.0 Å². The van der Waals surface area contributed by atoms with Gasteiger partial charge in [-0.05, 0) is 49.2 Å². The van der Waals surface area contributed by atoms with Gasteiger partial charge < -0.3 is 10.2 Å². The van der Waals surface area contributed by atoms with Gasteiger partial charge in [-0.3, -0.25) is 9.69 Å². The molecule has 0 radical (unpaired) electrons. The van der Waals surface area contributed by atoms with Gasteiger partial charge in [0.05, 0.1) is 0 Å². The molecule has 2 heterocycles. The predicted molar refractivity (Wildman–Crippen MR) is 84.5 cm³/mol. The van der Waals surface area contributed by atoms with Gasteiger partial charge >= 0.3 is 0 Å². The van der Waals surface area contributed by atoms with Gasteiger partial charge in [-0.15, -0.1) is 0 Å². The first kappa shape index (κ1) is 14.5. The zero-order chi connectivity index (χ0) is 14.7. The standard InChI is InChI=1S/C17H25N3O/c1-2-7-19-8-10-20(11-9-19)17(21)15-4-3-14-5-6-18-13-16(14)12-15/h3-4,12,18H,2,5-11,13H2,1H3. The summed E-state index contributed by atoms with van der Waals surface area (Å²) < 4.78 is 0. The maximum atomic E-state index is 12.6. The van der Waals surface area contributed by atoms with E-state index in [-0.39, 0.29) is 5.91 Å². The molecule has 1 N–H and O–H groups in total. The van der Waals surface area contributed by atoms with Crippen LogP contribution in [0.2, 0.25) is 0 Å². The van der Waals surface area contributed by atoms with E-state index in [9.17, 15) is 4.79 Å². The summed E-state index contributed by atoms with van der Waals surface area (Å²) in [6, 6.07) is 6.23. The molecule has 2 aliphatic heterocycles. The summed E-state index contributed by atoms with van der Waals surface area (Å²) in [6.07, 6.45) is 2.26. The summed E-state index contributed by atoms with van der Waals surface area (Å²) in [4.78, 5) is 17.1. The van der Waals surface area contributed by atoms with Crippen LogP contribution in [0.25, 0.3) is 0 Å². The number of hydrogen-bond donors (Lipinski definition) is 1. The van der Waals surface area contributed by atoms with Crippen molar-refractivity contribution in [2.24, 2.45) is 0 Å². The van der Waals surface area contributed by atoms with Crippen LogP contribution in [-0.2, 0) is 13.0 Å². The number of nitrogens with one attached hydrogen (secondary N) is 1. The number of rotatable bonds is 3. The van der Waals surface area contributed by atoms with E-state index in [1.54, 1.807) is 0 Å². The van der Waals surface area contributed by atoms with Gasteiger partial charge in [0.15, 0.2) is 0 Å². The Morgan fingerprint density at radius 2 is 2.00 bits per heavy atom. The summed E-state index contributed by atoms with van der Waals surface area (Å²) in [5.41, 5.74) is 3.52. The molecule has 0 unspecified atom stereocenters. The van der Waals surface area contributed by atoms with Crippen LogP contribution in [0.15, 0.2) is 18.2 Å². The fourth-order valence-corrected chi connectivity index (χ4v) is 3.29. The first-order chi connectivity index (χ1) is 10.3. The third-order valence-electron chi connectivity index (χ3n) is 4.54. The number of benzene rings is 1. The highest BCUT2D eigenvalue weighted by Crippen LogP contribution is 2.17. The predicted octanol–water partition coefficient (Wildman–Crippen LogP) is 1.50. The highest BCUT2D eigenvalue weighted by Gasteiger charge is 2.22. The molecule has 2 aliphatic rings. The molecule has 0 spiro atoms. The molecule has 0 aliphatic carbocycles. The van der Waals surface area contributed by atoms with Gasteiger partial charge in [-0.1, -0.05) is 13.0 Å². The van der Waals surface area contributed by atoms with E-state index in [2.05, 4.69) is 29.3 Å². The average molecular weight is 287 g/mol. The molecule has 1 fully saturated rings. The van der Waals surface area contributed by atoms with Crippen LogP contribution in [0.5, 0.6) is 0 Å². The zero-order valence-electron chi connectivity index (χ0n) is 12.9. The molecule has 1 aromatic rings. The van der Waals surface area contributed by atoms with Crippen LogP contribution < -0.4 is 5.32 Å². The van der Waals surface area contributed by atoms with Gasteiger partial charge in [0.1, 0.15) is 0 Å². The third kappa shape index (κ3) is 3.27. The molecule has 0 saturated carbocycles. The molecule has 0 bridgehead atoms. The van der Waals surface area contributed by atoms with Crippen molar-refractivity contribution in [2.75, 3.05) is 39.3 Å². The summed E-state index contributed by atoms with van der Waals surface area (Å²) in [5, 5.41) is 3.37. The Morgan fingerprint density at radius 3 is 2.76 bits per heavy atom. The van der Waals surface area contributed by atoms with Gasteiger partial charge in [0.2, 0.25) is 0 Å². The van der Waals surface area contributed by atoms with E-state index in [0.717, 1.165) is 57.8 Å². The van der Waals surface area contributed by atoms with Gasteiger partial charge in [0, 0.05) is 38.3 Å². The van der Waals surface area contributed by atoms with E-state index in [1.807, 2.05) is 11.0 Å². The van der Waals surface area contributed by atoms with Crippen molar-refractivity contribution < 1.29 is 4.79 Å². The van der Waals surface area contributed by atoms with Crippen molar-refractivity contribution in [3.8, 4) is 0 Å². The molecule has 1 aromatic carbocycles. The zero-order valence-corrected chi connectivity index (χ0v) is 12.9. The maximum absolute atomic E-state index is 12.6. The van der Waals surface area contributed by atoms with Crippen LogP contribution in [0.1, 0.15) is 34.8 Å². The second-order valence-electron chi connectivity index (χ2n) is 6.04. The lowest BCUT2D eigenvalue weighted by molar-refractivity contribution is 0.0637.